The highest BCUT2D eigenvalue weighted by Crippen LogP contribution is 2.47. The summed E-state index contributed by atoms with van der Waals surface area (Å²) in [6.07, 6.45) is 10.0. The van der Waals surface area contributed by atoms with Crippen molar-refractivity contribution in [1.29, 1.82) is 0 Å². The number of benzene rings is 2. The lowest BCUT2D eigenvalue weighted by atomic mass is 9.83. The van der Waals surface area contributed by atoms with Gasteiger partial charge in [0.15, 0.2) is 0 Å². The van der Waals surface area contributed by atoms with Gasteiger partial charge in [-0.05, 0) is 62.1 Å². The van der Waals surface area contributed by atoms with Crippen molar-refractivity contribution < 1.29 is 19.2 Å². The van der Waals surface area contributed by atoms with Crippen molar-refractivity contribution >= 4 is 57.2 Å². The molecule has 0 saturated carbocycles. The molecule has 0 radical (unpaired) electrons. The normalized spacial score (nSPS) is 18.2. The fourth-order valence-electron chi connectivity index (χ4n) is 6.90. The lowest BCUT2D eigenvalue weighted by Crippen LogP contribution is -2.45. The zero-order valence-corrected chi connectivity index (χ0v) is 22.7. The molecule has 0 bridgehead atoms. The van der Waals surface area contributed by atoms with Gasteiger partial charge < -0.3 is 9.80 Å². The zero-order valence-electron chi connectivity index (χ0n) is 22.7. The molecule has 2 fully saturated rings. The molecule has 8 rings (SSSR count). The first kappa shape index (κ1) is 24.7. The van der Waals surface area contributed by atoms with Gasteiger partial charge >= 0.3 is 0 Å². The Bertz CT molecular complexity index is 1690. The number of hydrogen-bond acceptors (Lipinski definition) is 8. The summed E-state index contributed by atoms with van der Waals surface area (Å²) in [6.45, 7) is 2.90. The van der Waals surface area contributed by atoms with Gasteiger partial charge in [0.2, 0.25) is 0 Å². The van der Waals surface area contributed by atoms with Crippen LogP contribution in [0.5, 0.6) is 0 Å². The van der Waals surface area contributed by atoms with Crippen molar-refractivity contribution in [2.75, 3.05) is 45.8 Å². The molecule has 2 aromatic heterocycles. The Morgan fingerprint density at radius 2 is 0.857 bits per heavy atom. The maximum absolute atomic E-state index is 14.4. The highest BCUT2D eigenvalue weighted by atomic mass is 16.2. The number of nitrogens with zero attached hydrogens (tertiary/aromatic N) is 6. The number of aromatic nitrogens is 2. The van der Waals surface area contributed by atoms with E-state index in [0.717, 1.165) is 51.9 Å². The molecule has 6 heterocycles. The third-order valence-electron chi connectivity index (χ3n) is 8.80. The molecule has 4 aliphatic rings. The summed E-state index contributed by atoms with van der Waals surface area (Å²) in [5, 5.41) is 0.785. The fraction of sp³-hybridized carbons (Fsp3) is 0.250. The number of rotatable bonds is 4. The summed E-state index contributed by atoms with van der Waals surface area (Å²) in [7, 11) is 0. The average molecular weight is 559 g/mol. The summed E-state index contributed by atoms with van der Waals surface area (Å²) in [6, 6.07) is 10.1. The van der Waals surface area contributed by atoms with Crippen molar-refractivity contribution in [3.05, 3.63) is 83.4 Å². The summed E-state index contributed by atoms with van der Waals surface area (Å²) in [4.78, 5) is 72.0. The van der Waals surface area contributed by atoms with Crippen LogP contribution in [0.2, 0.25) is 0 Å². The van der Waals surface area contributed by atoms with Crippen LogP contribution < -0.4 is 19.6 Å². The quantitative estimate of drug-likeness (QED) is 0.339. The van der Waals surface area contributed by atoms with Crippen molar-refractivity contribution in [2.45, 2.75) is 25.7 Å². The molecule has 0 aliphatic carbocycles. The van der Waals surface area contributed by atoms with E-state index in [1.807, 2.05) is 0 Å². The SMILES string of the molecule is O=C1c2cc(N3CCCC3)c3c4c(cc(N5CCCC5)c(c24)C(=O)N1c1ccncc1)C(=O)N(c1ccncc1)C3=O. The molecule has 0 N–H and O–H groups in total. The smallest absolute Gasteiger partial charge is 0.268 e. The Hall–Kier alpha value is -5.12. The Morgan fingerprint density at radius 3 is 1.21 bits per heavy atom. The summed E-state index contributed by atoms with van der Waals surface area (Å²) in [5.41, 5.74) is 3.43. The van der Waals surface area contributed by atoms with E-state index >= 15 is 0 Å². The second-order valence-corrected chi connectivity index (χ2v) is 11.1. The molecule has 4 amide bonds. The number of amides is 4. The van der Waals surface area contributed by atoms with Crippen LogP contribution in [0.3, 0.4) is 0 Å². The Labute approximate surface area is 241 Å². The van der Waals surface area contributed by atoms with Crippen LogP contribution in [-0.4, -0.2) is 59.8 Å². The molecule has 4 aromatic rings. The average Bonchev–Trinajstić information content (AvgIpc) is 3.75. The summed E-state index contributed by atoms with van der Waals surface area (Å²) >= 11 is 0. The highest BCUT2D eigenvalue weighted by Gasteiger charge is 2.45. The highest BCUT2D eigenvalue weighted by molar-refractivity contribution is 6.44. The van der Waals surface area contributed by atoms with Gasteiger partial charge in [0.25, 0.3) is 23.6 Å². The third kappa shape index (κ3) is 3.38. The number of carbonyl (C=O) groups excluding carboxylic acids is 4. The van der Waals surface area contributed by atoms with E-state index in [4.69, 9.17) is 0 Å². The lowest BCUT2D eigenvalue weighted by molar-refractivity contribution is 0.0873. The van der Waals surface area contributed by atoms with Crippen LogP contribution in [0.15, 0.2) is 61.2 Å². The van der Waals surface area contributed by atoms with Crippen LogP contribution in [0.1, 0.15) is 67.1 Å². The van der Waals surface area contributed by atoms with E-state index in [1.165, 1.54) is 9.80 Å². The zero-order chi connectivity index (χ0) is 28.5. The maximum Gasteiger partial charge on any atom is 0.268 e. The molecule has 4 aliphatic heterocycles. The molecule has 2 saturated heterocycles. The van der Waals surface area contributed by atoms with Gasteiger partial charge in [-0.3, -0.25) is 29.1 Å². The predicted molar refractivity (Wildman–Crippen MR) is 158 cm³/mol. The molecule has 0 unspecified atom stereocenters. The minimum Gasteiger partial charge on any atom is -0.371 e. The molecule has 2 aromatic carbocycles. The van der Waals surface area contributed by atoms with Crippen LogP contribution in [0.25, 0.3) is 10.8 Å². The van der Waals surface area contributed by atoms with Gasteiger partial charge in [0.1, 0.15) is 0 Å². The number of carbonyl (C=O) groups is 4. The van der Waals surface area contributed by atoms with E-state index in [-0.39, 0.29) is 0 Å². The first-order chi connectivity index (χ1) is 20.5. The standard InChI is InChI=1S/C32H26N6O4/c39-29-21-17-23(35-13-1-2-14-35)27-25-22(30(40)37(31(27)41)19-5-9-33-10-6-19)18-24(36-15-3-4-16-36)28(26(21)25)32(42)38(29)20-7-11-34-12-8-20/h5-12,17-18H,1-4,13-16H2. The largest absolute Gasteiger partial charge is 0.371 e. The van der Waals surface area contributed by atoms with Crippen molar-refractivity contribution in [2.24, 2.45) is 0 Å². The molecule has 10 heteroatoms. The molecule has 42 heavy (non-hydrogen) atoms. The van der Waals surface area contributed by atoms with E-state index in [2.05, 4.69) is 19.8 Å². The Balaban J connectivity index is 1.48. The number of anilines is 4. The lowest BCUT2D eigenvalue weighted by Gasteiger charge is -2.36. The molecule has 10 nitrogen and oxygen atoms in total. The van der Waals surface area contributed by atoms with Gasteiger partial charge in [-0.15, -0.1) is 0 Å². The number of pyridine rings is 2. The predicted octanol–water partition coefficient (Wildman–Crippen LogP) is 4.43. The van der Waals surface area contributed by atoms with Crippen molar-refractivity contribution in [3.8, 4) is 0 Å². The Morgan fingerprint density at radius 1 is 0.500 bits per heavy atom. The van der Waals surface area contributed by atoms with Gasteiger partial charge in [0, 0.05) is 61.7 Å². The monoisotopic (exact) mass is 558 g/mol. The fourth-order valence-corrected chi connectivity index (χ4v) is 6.90. The van der Waals surface area contributed by atoms with Gasteiger partial charge in [-0.1, -0.05) is 0 Å². The number of hydrogen-bond donors (Lipinski definition) is 0. The van der Waals surface area contributed by atoms with Crippen LogP contribution in [0, 0.1) is 0 Å². The third-order valence-corrected chi connectivity index (χ3v) is 8.80. The van der Waals surface area contributed by atoms with Crippen LogP contribution in [-0.2, 0) is 0 Å². The van der Waals surface area contributed by atoms with Crippen molar-refractivity contribution in [3.63, 3.8) is 0 Å². The summed E-state index contributed by atoms with van der Waals surface area (Å²) < 4.78 is 0. The molecule has 0 spiro atoms. The molecule has 0 atom stereocenters. The maximum atomic E-state index is 14.4. The van der Waals surface area contributed by atoms with Gasteiger partial charge in [-0.2, -0.15) is 0 Å². The first-order valence-corrected chi connectivity index (χ1v) is 14.3. The minimum atomic E-state index is -0.480. The van der Waals surface area contributed by atoms with E-state index in [0.29, 0.717) is 55.8 Å². The number of imide groups is 2. The second kappa shape index (κ2) is 9.20. The van der Waals surface area contributed by atoms with Crippen LogP contribution in [0.4, 0.5) is 22.7 Å². The topological polar surface area (TPSA) is 107 Å². The molecular weight excluding hydrogens is 532 g/mol. The minimum absolute atomic E-state index is 0.322. The van der Waals surface area contributed by atoms with Crippen LogP contribution >= 0.6 is 0 Å². The molecule has 208 valence electrons. The molecular formula is C32H26N6O4. The van der Waals surface area contributed by atoms with Gasteiger partial charge in [0.05, 0.1) is 45.0 Å². The Kier molecular flexibility index (Phi) is 5.40. The van der Waals surface area contributed by atoms with E-state index < -0.39 is 23.6 Å². The van der Waals surface area contributed by atoms with Gasteiger partial charge in [-0.25, -0.2) is 9.80 Å². The summed E-state index contributed by atoms with van der Waals surface area (Å²) in [5.74, 6) is -1.90. The second-order valence-electron chi connectivity index (χ2n) is 11.1. The van der Waals surface area contributed by atoms with Crippen molar-refractivity contribution in [1.82, 2.24) is 9.97 Å². The van der Waals surface area contributed by atoms with E-state index in [9.17, 15) is 19.2 Å². The first-order valence-electron chi connectivity index (χ1n) is 14.3. The van der Waals surface area contributed by atoms with E-state index in [1.54, 1.807) is 61.2 Å².